The highest BCUT2D eigenvalue weighted by Gasteiger charge is 2.06. The maximum atomic E-state index is 9.55. The fourth-order valence-corrected chi connectivity index (χ4v) is 2.83. The highest BCUT2D eigenvalue weighted by Crippen LogP contribution is 2.26. The summed E-state index contributed by atoms with van der Waals surface area (Å²) >= 11 is 9.32. The minimum atomic E-state index is 0.433. The van der Waals surface area contributed by atoms with Crippen molar-refractivity contribution in [2.45, 2.75) is 6.61 Å². The van der Waals surface area contributed by atoms with Gasteiger partial charge in [-0.25, -0.2) is 0 Å². The summed E-state index contributed by atoms with van der Waals surface area (Å²) in [6.45, 7) is 0.433. The molecule has 3 aromatic carbocycles. The number of benzene rings is 3. The van der Waals surface area contributed by atoms with E-state index in [2.05, 4.69) is 22.0 Å². The van der Waals surface area contributed by atoms with Crippen LogP contribution in [0.2, 0.25) is 5.02 Å². The van der Waals surface area contributed by atoms with Crippen LogP contribution in [0.4, 0.5) is 0 Å². The Morgan fingerprint density at radius 3 is 2.38 bits per heavy atom. The normalized spacial score (nSPS) is 11.0. The summed E-state index contributed by atoms with van der Waals surface area (Å²) in [6, 6.07) is 25.2. The SMILES string of the molecule is N#C/C(=C/c1ccccc1OCc1ccc(Cl)cc1)c1ccc(Br)cc1. The number of halogens is 2. The van der Waals surface area contributed by atoms with Crippen molar-refractivity contribution >= 4 is 39.2 Å². The molecule has 0 aromatic heterocycles. The Bertz CT molecular complexity index is 957. The maximum Gasteiger partial charge on any atom is 0.127 e. The molecule has 3 aromatic rings. The molecule has 0 saturated heterocycles. The van der Waals surface area contributed by atoms with E-state index in [9.17, 15) is 5.26 Å². The molecule has 4 heteroatoms. The van der Waals surface area contributed by atoms with Crippen LogP contribution < -0.4 is 4.74 Å². The van der Waals surface area contributed by atoms with Gasteiger partial charge in [0.2, 0.25) is 0 Å². The number of hydrogen-bond acceptors (Lipinski definition) is 2. The molecule has 2 nitrogen and oxygen atoms in total. The second-order valence-corrected chi connectivity index (χ2v) is 6.98. The third kappa shape index (κ3) is 4.76. The monoisotopic (exact) mass is 423 g/mol. The molecule has 0 unspecified atom stereocenters. The van der Waals surface area contributed by atoms with Crippen LogP contribution in [-0.2, 0) is 6.61 Å². The molecule has 0 aliphatic rings. The zero-order valence-electron chi connectivity index (χ0n) is 13.8. The number of para-hydroxylation sites is 1. The highest BCUT2D eigenvalue weighted by atomic mass is 79.9. The number of ether oxygens (including phenoxy) is 1. The summed E-state index contributed by atoms with van der Waals surface area (Å²) in [4.78, 5) is 0. The number of allylic oxidation sites excluding steroid dienone is 1. The first-order valence-electron chi connectivity index (χ1n) is 8.00. The predicted octanol–water partition coefficient (Wildman–Crippen LogP) is 6.75. The lowest BCUT2D eigenvalue weighted by Gasteiger charge is -2.10. The van der Waals surface area contributed by atoms with E-state index >= 15 is 0 Å². The maximum absolute atomic E-state index is 9.55. The van der Waals surface area contributed by atoms with Gasteiger partial charge in [-0.05, 0) is 47.5 Å². The van der Waals surface area contributed by atoms with Gasteiger partial charge in [-0.15, -0.1) is 0 Å². The Labute approximate surface area is 166 Å². The van der Waals surface area contributed by atoms with Gasteiger partial charge in [0.1, 0.15) is 12.4 Å². The van der Waals surface area contributed by atoms with Crippen molar-refractivity contribution < 1.29 is 4.74 Å². The summed E-state index contributed by atoms with van der Waals surface area (Å²) in [5.41, 5.74) is 3.34. The van der Waals surface area contributed by atoms with Gasteiger partial charge in [-0.1, -0.05) is 70.0 Å². The lowest BCUT2D eigenvalue weighted by Crippen LogP contribution is -1.97. The molecule has 0 aliphatic carbocycles. The summed E-state index contributed by atoms with van der Waals surface area (Å²) in [7, 11) is 0. The average Bonchev–Trinajstić information content (AvgIpc) is 2.67. The highest BCUT2D eigenvalue weighted by molar-refractivity contribution is 9.10. The largest absolute Gasteiger partial charge is 0.488 e. The molecule has 0 aliphatic heterocycles. The third-order valence-corrected chi connectivity index (χ3v) is 4.58. The second kappa shape index (κ2) is 8.71. The quantitative estimate of drug-likeness (QED) is 0.335. The van der Waals surface area contributed by atoms with E-state index in [-0.39, 0.29) is 0 Å². The van der Waals surface area contributed by atoms with Crippen molar-refractivity contribution in [2.75, 3.05) is 0 Å². The zero-order chi connectivity index (χ0) is 18.4. The first-order chi connectivity index (χ1) is 12.7. The van der Waals surface area contributed by atoms with Crippen LogP contribution in [-0.4, -0.2) is 0 Å². The molecule has 0 heterocycles. The smallest absolute Gasteiger partial charge is 0.127 e. The van der Waals surface area contributed by atoms with Crippen molar-refractivity contribution in [3.8, 4) is 11.8 Å². The molecule has 0 amide bonds. The standard InChI is InChI=1S/C22H15BrClNO/c23-20-9-7-17(8-10-20)19(14-25)13-18-3-1-2-4-22(18)26-15-16-5-11-21(24)12-6-16/h1-13H,15H2/b19-13-. The van der Waals surface area contributed by atoms with Crippen LogP contribution in [0, 0.1) is 11.3 Å². The van der Waals surface area contributed by atoms with Crippen molar-refractivity contribution in [2.24, 2.45) is 0 Å². The fraction of sp³-hybridized carbons (Fsp3) is 0.0455. The van der Waals surface area contributed by atoms with Gasteiger partial charge in [0.05, 0.1) is 11.6 Å². The van der Waals surface area contributed by atoms with Crippen molar-refractivity contribution in [1.82, 2.24) is 0 Å². The van der Waals surface area contributed by atoms with Gasteiger partial charge < -0.3 is 4.74 Å². The zero-order valence-corrected chi connectivity index (χ0v) is 16.2. The molecule has 0 spiro atoms. The number of hydrogen-bond donors (Lipinski definition) is 0. The Morgan fingerprint density at radius 1 is 1.00 bits per heavy atom. The van der Waals surface area contributed by atoms with E-state index in [1.54, 1.807) is 0 Å². The van der Waals surface area contributed by atoms with Crippen molar-refractivity contribution in [3.63, 3.8) is 0 Å². The number of nitriles is 1. The topological polar surface area (TPSA) is 33.0 Å². The third-order valence-electron chi connectivity index (χ3n) is 3.80. The first kappa shape index (κ1) is 18.3. The molecule has 3 rings (SSSR count). The van der Waals surface area contributed by atoms with E-state index in [1.807, 2.05) is 78.9 Å². The van der Waals surface area contributed by atoms with Crippen LogP contribution in [0.3, 0.4) is 0 Å². The molecule has 0 N–H and O–H groups in total. The Hall–Kier alpha value is -2.54. The molecule has 0 saturated carbocycles. The molecule has 0 atom stereocenters. The van der Waals surface area contributed by atoms with Crippen molar-refractivity contribution in [3.05, 3.63) is 99.0 Å². The van der Waals surface area contributed by atoms with E-state index in [0.717, 1.165) is 26.9 Å². The summed E-state index contributed by atoms with van der Waals surface area (Å²) in [6.07, 6.45) is 1.85. The summed E-state index contributed by atoms with van der Waals surface area (Å²) in [5.74, 6) is 0.729. The lowest BCUT2D eigenvalue weighted by atomic mass is 10.0. The second-order valence-electron chi connectivity index (χ2n) is 5.63. The van der Waals surface area contributed by atoms with Crippen LogP contribution in [0.15, 0.2) is 77.3 Å². The number of rotatable bonds is 5. The molecule has 0 bridgehead atoms. The Kier molecular flexibility index (Phi) is 6.12. The van der Waals surface area contributed by atoms with E-state index in [1.165, 1.54) is 0 Å². The van der Waals surface area contributed by atoms with Gasteiger partial charge in [0, 0.05) is 15.1 Å². The van der Waals surface area contributed by atoms with E-state index in [0.29, 0.717) is 17.2 Å². The van der Waals surface area contributed by atoms with Crippen molar-refractivity contribution in [1.29, 1.82) is 5.26 Å². The van der Waals surface area contributed by atoms with Gasteiger partial charge in [-0.2, -0.15) is 5.26 Å². The molecular weight excluding hydrogens is 410 g/mol. The van der Waals surface area contributed by atoms with Crippen LogP contribution in [0.5, 0.6) is 5.75 Å². The Balaban J connectivity index is 1.84. The minimum absolute atomic E-state index is 0.433. The van der Waals surface area contributed by atoms with Crippen LogP contribution in [0.1, 0.15) is 16.7 Å². The minimum Gasteiger partial charge on any atom is -0.488 e. The predicted molar refractivity (Wildman–Crippen MR) is 110 cm³/mol. The molecule has 0 radical (unpaired) electrons. The average molecular weight is 425 g/mol. The summed E-state index contributed by atoms with van der Waals surface area (Å²) in [5, 5.41) is 10.3. The first-order valence-corrected chi connectivity index (χ1v) is 9.17. The van der Waals surface area contributed by atoms with Gasteiger partial charge >= 0.3 is 0 Å². The van der Waals surface area contributed by atoms with Gasteiger partial charge in [0.15, 0.2) is 0 Å². The van der Waals surface area contributed by atoms with Gasteiger partial charge in [-0.3, -0.25) is 0 Å². The van der Waals surface area contributed by atoms with E-state index in [4.69, 9.17) is 16.3 Å². The van der Waals surface area contributed by atoms with Gasteiger partial charge in [0.25, 0.3) is 0 Å². The van der Waals surface area contributed by atoms with Crippen LogP contribution >= 0.6 is 27.5 Å². The Morgan fingerprint density at radius 2 is 1.69 bits per heavy atom. The molecule has 26 heavy (non-hydrogen) atoms. The van der Waals surface area contributed by atoms with Crippen LogP contribution in [0.25, 0.3) is 11.6 Å². The molecule has 0 fully saturated rings. The molecule has 128 valence electrons. The lowest BCUT2D eigenvalue weighted by molar-refractivity contribution is 0.305. The van der Waals surface area contributed by atoms with E-state index < -0.39 is 0 Å². The number of nitrogens with zero attached hydrogens (tertiary/aromatic N) is 1. The fourth-order valence-electron chi connectivity index (χ4n) is 2.44. The summed E-state index contributed by atoms with van der Waals surface area (Å²) < 4.78 is 6.94. The molecular formula is C22H15BrClNO.